The summed E-state index contributed by atoms with van der Waals surface area (Å²) in [6.45, 7) is 10.0. The van der Waals surface area contributed by atoms with Gasteiger partial charge in [-0.3, -0.25) is 10.4 Å². The van der Waals surface area contributed by atoms with Gasteiger partial charge in [-0.15, -0.1) is 0 Å². The van der Waals surface area contributed by atoms with E-state index in [1.165, 1.54) is 0 Å². The number of nitrogens with zero attached hydrogens (tertiary/aromatic N) is 2. The van der Waals surface area contributed by atoms with Gasteiger partial charge in [0.25, 0.3) is 0 Å². The summed E-state index contributed by atoms with van der Waals surface area (Å²) in [5.74, 6) is 6.37. The van der Waals surface area contributed by atoms with Gasteiger partial charge in [0.1, 0.15) is 0 Å². The van der Waals surface area contributed by atoms with Crippen LogP contribution in [0.1, 0.15) is 33.6 Å². The summed E-state index contributed by atoms with van der Waals surface area (Å²) >= 11 is 0. The summed E-state index contributed by atoms with van der Waals surface area (Å²) in [6.07, 6.45) is 2.15. The van der Waals surface area contributed by atoms with Crippen LogP contribution in [0.5, 0.6) is 0 Å². The second-order valence-corrected chi connectivity index (χ2v) is 4.76. The number of hydrogen-bond acceptors (Lipinski definition) is 4. The largest absolute Gasteiger partial charge is 0.382 e. The van der Waals surface area contributed by atoms with E-state index in [1.807, 2.05) is 6.92 Å². The molecule has 0 aromatic rings. The molecule has 1 aliphatic rings. The number of morpholine rings is 1. The van der Waals surface area contributed by atoms with Crippen LogP contribution in [0.3, 0.4) is 0 Å². The van der Waals surface area contributed by atoms with Gasteiger partial charge in [-0.05, 0) is 26.7 Å². The van der Waals surface area contributed by atoms with Gasteiger partial charge in [-0.25, -0.2) is 5.84 Å². The monoisotopic (exact) mass is 272 g/mol. The molecule has 0 amide bonds. The van der Waals surface area contributed by atoms with Crippen LogP contribution < -0.4 is 11.3 Å². The first-order chi connectivity index (χ1) is 9.22. The minimum absolute atomic E-state index is 0.213. The maximum absolute atomic E-state index is 5.68. The average Bonchev–Trinajstić information content (AvgIpc) is 2.43. The standard InChI is InChI=1S/C13H28N4O2/c1-4-12-10-19-11(3)9-17(12)13(16-14)15-7-6-8-18-5-2/h11-12H,4-10,14H2,1-3H3,(H,15,16). The number of aliphatic imine (C=N–C) groups is 1. The van der Waals surface area contributed by atoms with E-state index in [0.717, 1.165) is 51.7 Å². The van der Waals surface area contributed by atoms with Crippen molar-refractivity contribution in [2.45, 2.75) is 45.8 Å². The van der Waals surface area contributed by atoms with Crippen molar-refractivity contribution in [2.24, 2.45) is 10.8 Å². The first-order valence-corrected chi connectivity index (χ1v) is 7.19. The summed E-state index contributed by atoms with van der Waals surface area (Å²) in [5.41, 5.74) is 2.73. The van der Waals surface area contributed by atoms with Crippen molar-refractivity contribution in [1.29, 1.82) is 0 Å². The van der Waals surface area contributed by atoms with E-state index >= 15 is 0 Å². The van der Waals surface area contributed by atoms with Crippen LogP contribution in [-0.2, 0) is 9.47 Å². The molecule has 1 saturated heterocycles. The lowest BCUT2D eigenvalue weighted by molar-refractivity contribution is -0.0297. The molecule has 1 rings (SSSR count). The number of guanidine groups is 1. The molecule has 3 N–H and O–H groups in total. The Kier molecular flexibility index (Phi) is 7.78. The zero-order valence-corrected chi connectivity index (χ0v) is 12.4. The molecule has 0 spiro atoms. The first kappa shape index (κ1) is 16.2. The Bertz CT molecular complexity index is 273. The quantitative estimate of drug-likeness (QED) is 0.245. The van der Waals surface area contributed by atoms with Crippen LogP contribution in [-0.4, -0.2) is 55.9 Å². The maximum Gasteiger partial charge on any atom is 0.208 e. The number of hydrogen-bond donors (Lipinski definition) is 2. The fourth-order valence-corrected chi connectivity index (χ4v) is 2.16. The molecular weight excluding hydrogens is 244 g/mol. The molecule has 0 radical (unpaired) electrons. The molecule has 6 heteroatoms. The van der Waals surface area contributed by atoms with Crippen LogP contribution in [0, 0.1) is 0 Å². The third kappa shape index (κ3) is 5.34. The van der Waals surface area contributed by atoms with Crippen molar-refractivity contribution < 1.29 is 9.47 Å². The number of nitrogens with two attached hydrogens (primary N) is 1. The molecule has 112 valence electrons. The summed E-state index contributed by atoms with van der Waals surface area (Å²) in [5, 5.41) is 0. The minimum Gasteiger partial charge on any atom is -0.382 e. The highest BCUT2D eigenvalue weighted by Crippen LogP contribution is 2.14. The van der Waals surface area contributed by atoms with Gasteiger partial charge in [0, 0.05) is 26.3 Å². The molecular formula is C13H28N4O2. The van der Waals surface area contributed by atoms with E-state index in [-0.39, 0.29) is 6.10 Å². The van der Waals surface area contributed by atoms with Gasteiger partial charge in [0.2, 0.25) is 5.96 Å². The Labute approximate surface area is 116 Å². The lowest BCUT2D eigenvalue weighted by Crippen LogP contribution is -2.56. The fourth-order valence-electron chi connectivity index (χ4n) is 2.16. The minimum atomic E-state index is 0.213. The van der Waals surface area contributed by atoms with Gasteiger partial charge in [0.05, 0.1) is 18.8 Å². The topological polar surface area (TPSA) is 72.1 Å². The number of rotatable bonds is 6. The molecule has 2 atom stereocenters. The summed E-state index contributed by atoms with van der Waals surface area (Å²) in [4.78, 5) is 6.76. The molecule has 2 unspecified atom stereocenters. The van der Waals surface area contributed by atoms with Crippen molar-refractivity contribution in [3.05, 3.63) is 0 Å². The molecule has 1 aliphatic heterocycles. The SMILES string of the molecule is CCOCCCN=C(NN)N1CC(C)OCC1CC. The van der Waals surface area contributed by atoms with E-state index in [1.54, 1.807) is 0 Å². The van der Waals surface area contributed by atoms with Gasteiger partial charge in [0.15, 0.2) is 0 Å². The van der Waals surface area contributed by atoms with E-state index in [4.69, 9.17) is 15.3 Å². The summed E-state index contributed by atoms with van der Waals surface area (Å²) < 4.78 is 11.0. The van der Waals surface area contributed by atoms with Gasteiger partial charge >= 0.3 is 0 Å². The fraction of sp³-hybridized carbons (Fsp3) is 0.923. The van der Waals surface area contributed by atoms with Gasteiger partial charge < -0.3 is 14.4 Å². The smallest absolute Gasteiger partial charge is 0.208 e. The van der Waals surface area contributed by atoms with Crippen molar-refractivity contribution in [2.75, 3.05) is 32.9 Å². The third-order valence-corrected chi connectivity index (χ3v) is 3.25. The third-order valence-electron chi connectivity index (χ3n) is 3.25. The Morgan fingerprint density at radius 3 is 2.95 bits per heavy atom. The number of nitrogens with one attached hydrogen (secondary N) is 1. The number of hydrazine groups is 1. The molecule has 19 heavy (non-hydrogen) atoms. The van der Waals surface area contributed by atoms with E-state index in [0.29, 0.717) is 6.04 Å². The van der Waals surface area contributed by atoms with Crippen LogP contribution >= 0.6 is 0 Å². The molecule has 0 saturated carbocycles. The summed E-state index contributed by atoms with van der Waals surface area (Å²) in [6, 6.07) is 0.345. The molecule has 1 fully saturated rings. The van der Waals surface area contributed by atoms with Crippen molar-refractivity contribution in [3.63, 3.8) is 0 Å². The predicted octanol–water partition coefficient (Wildman–Crippen LogP) is 0.732. The maximum atomic E-state index is 5.68. The molecule has 0 bridgehead atoms. The van der Waals surface area contributed by atoms with Crippen LogP contribution in [0.2, 0.25) is 0 Å². The second-order valence-electron chi connectivity index (χ2n) is 4.76. The summed E-state index contributed by atoms with van der Waals surface area (Å²) in [7, 11) is 0. The van der Waals surface area contributed by atoms with Crippen molar-refractivity contribution in [3.8, 4) is 0 Å². The number of ether oxygens (including phenoxy) is 2. The average molecular weight is 272 g/mol. The van der Waals surface area contributed by atoms with E-state index < -0.39 is 0 Å². The molecule has 0 aliphatic carbocycles. The highest BCUT2D eigenvalue weighted by molar-refractivity contribution is 5.79. The van der Waals surface area contributed by atoms with E-state index in [9.17, 15) is 0 Å². The Morgan fingerprint density at radius 1 is 1.53 bits per heavy atom. The second kappa shape index (κ2) is 9.12. The lowest BCUT2D eigenvalue weighted by Gasteiger charge is -2.39. The first-order valence-electron chi connectivity index (χ1n) is 7.19. The highest BCUT2D eigenvalue weighted by atomic mass is 16.5. The zero-order valence-electron chi connectivity index (χ0n) is 12.4. The Balaban J connectivity index is 2.52. The molecule has 0 aromatic heterocycles. The molecule has 1 heterocycles. The zero-order chi connectivity index (χ0) is 14.1. The lowest BCUT2D eigenvalue weighted by atomic mass is 10.1. The Morgan fingerprint density at radius 2 is 2.32 bits per heavy atom. The van der Waals surface area contributed by atoms with Crippen LogP contribution in [0.25, 0.3) is 0 Å². The molecule has 0 aromatic carbocycles. The van der Waals surface area contributed by atoms with Crippen LogP contribution in [0.15, 0.2) is 4.99 Å². The Hall–Kier alpha value is -0.850. The highest BCUT2D eigenvalue weighted by Gasteiger charge is 2.27. The van der Waals surface area contributed by atoms with Crippen LogP contribution in [0.4, 0.5) is 0 Å². The van der Waals surface area contributed by atoms with Crippen molar-refractivity contribution >= 4 is 5.96 Å². The predicted molar refractivity (Wildman–Crippen MR) is 76.9 cm³/mol. The van der Waals surface area contributed by atoms with Gasteiger partial charge in [-0.2, -0.15) is 0 Å². The van der Waals surface area contributed by atoms with E-state index in [2.05, 4.69) is 29.2 Å². The normalized spacial score (nSPS) is 24.6. The van der Waals surface area contributed by atoms with Gasteiger partial charge in [-0.1, -0.05) is 6.92 Å². The molecule has 6 nitrogen and oxygen atoms in total. The van der Waals surface area contributed by atoms with Crippen molar-refractivity contribution in [1.82, 2.24) is 10.3 Å².